The first-order valence-electron chi connectivity index (χ1n) is 15.3. The van der Waals surface area contributed by atoms with E-state index in [1.54, 1.807) is 0 Å². The van der Waals surface area contributed by atoms with Gasteiger partial charge in [-0.1, -0.05) is 119 Å². The smallest absolute Gasteiger partial charge is 0.0626 e. The van der Waals surface area contributed by atoms with E-state index < -0.39 is 0 Å². The highest BCUT2D eigenvalue weighted by molar-refractivity contribution is 9.10. The van der Waals surface area contributed by atoms with Crippen LogP contribution in [0.1, 0.15) is 0 Å². The molecule has 0 saturated carbocycles. The number of hydrogen-bond donors (Lipinski definition) is 0. The second kappa shape index (κ2) is 9.31. The van der Waals surface area contributed by atoms with Gasteiger partial charge in [0.1, 0.15) is 0 Å². The van der Waals surface area contributed by atoms with Gasteiger partial charge in [-0.15, -0.1) is 0 Å². The zero-order valence-corrected chi connectivity index (χ0v) is 25.8. The quantitative estimate of drug-likeness (QED) is 0.167. The van der Waals surface area contributed by atoms with Gasteiger partial charge in [-0.05, 0) is 64.7 Å². The Morgan fingerprint density at radius 1 is 0.311 bits per heavy atom. The fraction of sp³-hybridized carbons (Fsp3) is 0. The molecule has 2 aromatic heterocycles. The lowest BCUT2D eigenvalue weighted by Crippen LogP contribution is -1.96. The fourth-order valence-electron chi connectivity index (χ4n) is 7.80. The molecular formula is C42H25BrN2. The summed E-state index contributed by atoms with van der Waals surface area (Å²) in [5.41, 5.74) is 7.24. The summed E-state index contributed by atoms with van der Waals surface area (Å²) in [7, 11) is 0. The van der Waals surface area contributed by atoms with Gasteiger partial charge in [-0.25, -0.2) is 0 Å². The monoisotopic (exact) mass is 636 g/mol. The zero-order valence-electron chi connectivity index (χ0n) is 24.2. The summed E-state index contributed by atoms with van der Waals surface area (Å²) in [6, 6.07) is 55.3. The Kier molecular flexibility index (Phi) is 5.17. The van der Waals surface area contributed by atoms with E-state index in [0.29, 0.717) is 0 Å². The fourth-order valence-corrected chi connectivity index (χ4v) is 8.07. The predicted molar refractivity (Wildman–Crippen MR) is 195 cm³/mol. The first-order valence-corrected chi connectivity index (χ1v) is 16.1. The average molecular weight is 638 g/mol. The zero-order chi connectivity index (χ0) is 29.6. The van der Waals surface area contributed by atoms with Gasteiger partial charge in [-0.3, -0.25) is 0 Å². The third kappa shape index (κ3) is 3.33. The summed E-state index contributed by atoms with van der Waals surface area (Å²) in [5, 5.41) is 12.8. The van der Waals surface area contributed by atoms with E-state index in [4.69, 9.17) is 0 Å². The molecule has 0 spiro atoms. The molecule has 0 atom stereocenters. The maximum atomic E-state index is 3.66. The normalized spacial score (nSPS) is 12.1. The third-order valence-corrected chi connectivity index (χ3v) is 10.0. The van der Waals surface area contributed by atoms with Gasteiger partial charge in [0.05, 0.1) is 22.1 Å². The van der Waals surface area contributed by atoms with Crippen molar-refractivity contribution in [1.82, 2.24) is 9.13 Å². The van der Waals surface area contributed by atoms with Gasteiger partial charge in [0, 0.05) is 53.6 Å². The van der Waals surface area contributed by atoms with Crippen molar-refractivity contribution in [3.8, 4) is 11.4 Å². The van der Waals surface area contributed by atoms with Crippen molar-refractivity contribution in [3.63, 3.8) is 0 Å². The van der Waals surface area contributed by atoms with Gasteiger partial charge in [0.25, 0.3) is 0 Å². The minimum absolute atomic E-state index is 1.07. The molecule has 0 fully saturated rings. The summed E-state index contributed by atoms with van der Waals surface area (Å²) < 4.78 is 6.02. The van der Waals surface area contributed by atoms with E-state index in [-0.39, 0.29) is 0 Å². The molecule has 0 saturated heterocycles. The van der Waals surface area contributed by atoms with Crippen LogP contribution in [0.15, 0.2) is 156 Å². The second-order valence-corrected chi connectivity index (χ2v) is 12.7. The van der Waals surface area contributed by atoms with Crippen LogP contribution in [0.5, 0.6) is 0 Å². The summed E-state index contributed by atoms with van der Waals surface area (Å²) >= 11 is 3.66. The lowest BCUT2D eigenvalue weighted by atomic mass is 9.89. The number of para-hydroxylation sites is 3. The van der Waals surface area contributed by atoms with E-state index in [1.165, 1.54) is 81.6 Å². The SMILES string of the molecule is Brc1ccc(-n2c3ccccc3c3c4c(c5ccccc5c5c4c4ccccc4n5-c4ccccc4)c4ccccc4c32)cc1. The molecule has 0 bridgehead atoms. The van der Waals surface area contributed by atoms with Crippen molar-refractivity contribution in [1.29, 1.82) is 0 Å². The first-order chi connectivity index (χ1) is 22.3. The minimum Gasteiger partial charge on any atom is -0.309 e. The molecule has 210 valence electrons. The van der Waals surface area contributed by atoms with Gasteiger partial charge in [-0.2, -0.15) is 0 Å². The van der Waals surface area contributed by atoms with Crippen molar-refractivity contribution in [2.75, 3.05) is 0 Å². The number of halogens is 1. The summed E-state index contributed by atoms with van der Waals surface area (Å²) in [6.07, 6.45) is 0. The number of nitrogens with zero attached hydrogens (tertiary/aromatic N) is 2. The molecule has 0 aliphatic rings. The molecular weight excluding hydrogens is 612 g/mol. The van der Waals surface area contributed by atoms with Crippen molar-refractivity contribution >= 4 is 91.9 Å². The van der Waals surface area contributed by atoms with Crippen LogP contribution in [0.4, 0.5) is 0 Å². The highest BCUT2D eigenvalue weighted by Gasteiger charge is 2.25. The molecule has 10 aromatic rings. The maximum absolute atomic E-state index is 3.66. The Morgan fingerprint density at radius 2 is 0.711 bits per heavy atom. The Labute approximate surface area is 267 Å². The summed E-state index contributed by atoms with van der Waals surface area (Å²) in [4.78, 5) is 0. The molecule has 8 aromatic carbocycles. The summed E-state index contributed by atoms with van der Waals surface area (Å²) in [6.45, 7) is 0. The standard InChI is InChI=1S/C42H25BrN2/c43-26-22-24-28(25-23-26)45-36-21-11-9-19-34(36)39-40-37(30-15-5-7-17-32(30)42(39)45)29-14-4-6-16-31(29)41-38(40)33-18-8-10-20-35(33)44(41)27-12-2-1-3-13-27/h1-25H. The Balaban J connectivity index is 1.60. The summed E-state index contributed by atoms with van der Waals surface area (Å²) in [5.74, 6) is 0. The molecule has 3 heteroatoms. The Morgan fingerprint density at radius 3 is 1.22 bits per heavy atom. The molecule has 0 aliphatic heterocycles. The molecule has 0 aliphatic carbocycles. The minimum atomic E-state index is 1.07. The number of benzene rings is 8. The highest BCUT2D eigenvalue weighted by atomic mass is 79.9. The van der Waals surface area contributed by atoms with Gasteiger partial charge in [0.2, 0.25) is 0 Å². The molecule has 2 nitrogen and oxygen atoms in total. The van der Waals surface area contributed by atoms with Crippen molar-refractivity contribution in [3.05, 3.63) is 156 Å². The van der Waals surface area contributed by atoms with Crippen LogP contribution in [0.2, 0.25) is 0 Å². The van der Waals surface area contributed by atoms with E-state index in [0.717, 1.165) is 10.2 Å². The van der Waals surface area contributed by atoms with Gasteiger partial charge >= 0.3 is 0 Å². The van der Waals surface area contributed by atoms with E-state index >= 15 is 0 Å². The van der Waals surface area contributed by atoms with Crippen LogP contribution in [0.3, 0.4) is 0 Å². The first kappa shape index (κ1) is 25.0. The van der Waals surface area contributed by atoms with Gasteiger partial charge < -0.3 is 9.13 Å². The molecule has 0 unspecified atom stereocenters. The highest BCUT2D eigenvalue weighted by Crippen LogP contribution is 2.50. The third-order valence-electron chi connectivity index (χ3n) is 9.50. The Hall–Kier alpha value is -5.38. The van der Waals surface area contributed by atoms with Crippen LogP contribution in [0, 0.1) is 0 Å². The average Bonchev–Trinajstić information content (AvgIpc) is 3.63. The maximum Gasteiger partial charge on any atom is 0.0626 e. The second-order valence-electron chi connectivity index (χ2n) is 11.8. The predicted octanol–water partition coefficient (Wildman–Crippen LogP) is 12.1. The molecule has 2 heterocycles. The van der Waals surface area contributed by atoms with E-state index in [9.17, 15) is 0 Å². The van der Waals surface area contributed by atoms with E-state index in [1.807, 2.05) is 0 Å². The molecule has 0 N–H and O–H groups in total. The van der Waals surface area contributed by atoms with Crippen molar-refractivity contribution < 1.29 is 0 Å². The topological polar surface area (TPSA) is 9.86 Å². The van der Waals surface area contributed by atoms with Crippen molar-refractivity contribution in [2.45, 2.75) is 0 Å². The lowest BCUT2D eigenvalue weighted by molar-refractivity contribution is 1.18. The van der Waals surface area contributed by atoms with Crippen LogP contribution >= 0.6 is 15.9 Å². The van der Waals surface area contributed by atoms with Crippen LogP contribution in [-0.2, 0) is 0 Å². The van der Waals surface area contributed by atoms with Crippen molar-refractivity contribution in [2.24, 2.45) is 0 Å². The van der Waals surface area contributed by atoms with Crippen LogP contribution < -0.4 is 0 Å². The number of rotatable bonds is 2. The lowest BCUT2D eigenvalue weighted by Gasteiger charge is -2.16. The number of fused-ring (bicyclic) bond motifs is 15. The van der Waals surface area contributed by atoms with Gasteiger partial charge in [0.15, 0.2) is 0 Å². The molecule has 45 heavy (non-hydrogen) atoms. The number of hydrogen-bond acceptors (Lipinski definition) is 0. The van der Waals surface area contributed by atoms with Crippen LogP contribution in [-0.4, -0.2) is 9.13 Å². The van der Waals surface area contributed by atoms with E-state index in [2.05, 4.69) is 177 Å². The molecule has 10 rings (SSSR count). The Bertz CT molecular complexity index is 2800. The molecule has 0 radical (unpaired) electrons. The number of aromatic nitrogens is 2. The molecule has 0 amide bonds. The van der Waals surface area contributed by atoms with Crippen LogP contribution in [0.25, 0.3) is 87.3 Å². The largest absolute Gasteiger partial charge is 0.309 e.